The summed E-state index contributed by atoms with van der Waals surface area (Å²) in [4.78, 5) is 2.26. The van der Waals surface area contributed by atoms with Gasteiger partial charge in [0.1, 0.15) is 10.7 Å². The average Bonchev–Trinajstić information content (AvgIpc) is 2.77. The van der Waals surface area contributed by atoms with Gasteiger partial charge in [-0.2, -0.15) is 0 Å². The minimum atomic E-state index is 0.387. The zero-order chi connectivity index (χ0) is 12.1. The van der Waals surface area contributed by atoms with Gasteiger partial charge in [0.05, 0.1) is 6.10 Å². The van der Waals surface area contributed by atoms with Gasteiger partial charge in [0.25, 0.3) is 0 Å². The molecule has 96 valence electrons. The Labute approximate surface area is 106 Å². The largest absolute Gasteiger partial charge is 0.377 e. The van der Waals surface area contributed by atoms with Crippen LogP contribution < -0.4 is 5.32 Å². The lowest BCUT2D eigenvalue weighted by Gasteiger charge is -2.27. The van der Waals surface area contributed by atoms with Gasteiger partial charge in [-0.15, -0.1) is 5.10 Å². The Hall–Kier alpha value is -0.720. The molecule has 0 spiro atoms. The molecule has 0 bridgehead atoms. The molecule has 0 amide bonds. The zero-order valence-electron chi connectivity index (χ0n) is 10.5. The third-order valence-corrected chi connectivity index (χ3v) is 3.78. The molecular formula is C11H20N4OS. The normalized spacial score (nSPS) is 20.8. The highest BCUT2D eigenvalue weighted by molar-refractivity contribution is 7.10. The third kappa shape index (κ3) is 3.62. The van der Waals surface area contributed by atoms with Gasteiger partial charge in [0, 0.05) is 38.3 Å². The van der Waals surface area contributed by atoms with Crippen LogP contribution in [-0.4, -0.2) is 47.8 Å². The lowest BCUT2D eigenvalue weighted by atomic mass is 10.1. The second-order valence-corrected chi connectivity index (χ2v) is 5.24. The lowest BCUT2D eigenvalue weighted by molar-refractivity contribution is -0.00272. The van der Waals surface area contributed by atoms with Crippen LogP contribution in [0.15, 0.2) is 0 Å². The van der Waals surface area contributed by atoms with E-state index in [1.54, 1.807) is 0 Å². The maximum Gasteiger partial charge on any atom is 0.134 e. The summed E-state index contributed by atoms with van der Waals surface area (Å²) in [5.41, 5.74) is 1.02. The van der Waals surface area contributed by atoms with E-state index < -0.39 is 0 Å². The summed E-state index contributed by atoms with van der Waals surface area (Å²) in [7, 11) is 4.01. The van der Waals surface area contributed by atoms with E-state index in [1.807, 2.05) is 7.05 Å². The summed E-state index contributed by atoms with van der Waals surface area (Å²) in [6, 6.07) is 0. The quantitative estimate of drug-likeness (QED) is 0.867. The van der Waals surface area contributed by atoms with Crippen molar-refractivity contribution in [3.05, 3.63) is 5.69 Å². The van der Waals surface area contributed by atoms with E-state index in [0.717, 1.165) is 30.4 Å². The fraction of sp³-hybridized carbons (Fsp3) is 0.818. The molecule has 1 aromatic heterocycles. The predicted molar refractivity (Wildman–Crippen MR) is 69.4 cm³/mol. The maximum atomic E-state index is 5.73. The van der Waals surface area contributed by atoms with E-state index in [1.165, 1.54) is 30.8 Å². The molecular weight excluding hydrogens is 236 g/mol. The fourth-order valence-electron chi connectivity index (χ4n) is 2.12. The van der Waals surface area contributed by atoms with Crippen molar-refractivity contribution < 1.29 is 4.74 Å². The molecule has 6 heteroatoms. The Kier molecular flexibility index (Phi) is 4.70. The summed E-state index contributed by atoms with van der Waals surface area (Å²) in [5.74, 6) is 0. The van der Waals surface area contributed by atoms with Gasteiger partial charge in [-0.3, -0.25) is 4.90 Å². The molecule has 1 aromatic rings. The first-order valence-corrected chi connectivity index (χ1v) is 6.86. The smallest absolute Gasteiger partial charge is 0.134 e. The molecule has 1 saturated heterocycles. The molecule has 1 fully saturated rings. The highest BCUT2D eigenvalue weighted by Crippen LogP contribution is 2.19. The molecule has 1 aliphatic heterocycles. The molecule has 17 heavy (non-hydrogen) atoms. The van der Waals surface area contributed by atoms with Crippen LogP contribution in [0.1, 0.15) is 25.0 Å². The number of aromatic nitrogens is 2. The van der Waals surface area contributed by atoms with Crippen molar-refractivity contribution in [2.24, 2.45) is 0 Å². The van der Waals surface area contributed by atoms with E-state index in [9.17, 15) is 0 Å². The predicted octanol–water partition coefficient (Wildman–Crippen LogP) is 1.58. The van der Waals surface area contributed by atoms with Gasteiger partial charge in [0.2, 0.25) is 0 Å². The maximum absolute atomic E-state index is 5.73. The minimum Gasteiger partial charge on any atom is -0.377 e. The average molecular weight is 256 g/mol. The standard InChI is InChI=1S/C11H20N4OS/c1-12-11-10(13-14-17-11)8-15(2)7-9-5-3-4-6-16-9/h9,12H,3-8H2,1-2H3. The molecule has 2 heterocycles. The Bertz CT molecular complexity index is 338. The van der Waals surface area contributed by atoms with E-state index in [2.05, 4.69) is 26.9 Å². The minimum absolute atomic E-state index is 0.387. The molecule has 0 radical (unpaired) electrons. The second-order valence-electron chi connectivity index (χ2n) is 4.48. The van der Waals surface area contributed by atoms with Gasteiger partial charge < -0.3 is 10.1 Å². The van der Waals surface area contributed by atoms with Crippen molar-refractivity contribution in [2.45, 2.75) is 31.9 Å². The Morgan fingerprint density at radius 2 is 2.41 bits per heavy atom. The number of anilines is 1. The van der Waals surface area contributed by atoms with Gasteiger partial charge in [-0.1, -0.05) is 4.49 Å². The number of nitrogens with one attached hydrogen (secondary N) is 1. The molecule has 2 rings (SSSR count). The van der Waals surface area contributed by atoms with Crippen molar-refractivity contribution in [1.82, 2.24) is 14.5 Å². The Morgan fingerprint density at radius 1 is 1.53 bits per heavy atom. The van der Waals surface area contributed by atoms with Gasteiger partial charge in [-0.25, -0.2) is 0 Å². The lowest BCUT2D eigenvalue weighted by Crippen LogP contribution is -2.33. The van der Waals surface area contributed by atoms with Crippen LogP contribution in [-0.2, 0) is 11.3 Å². The van der Waals surface area contributed by atoms with E-state index >= 15 is 0 Å². The number of nitrogens with zero attached hydrogens (tertiary/aromatic N) is 3. The number of rotatable bonds is 5. The number of hydrogen-bond donors (Lipinski definition) is 1. The molecule has 1 aliphatic rings. The zero-order valence-corrected chi connectivity index (χ0v) is 11.3. The number of likely N-dealkylation sites (N-methyl/N-ethyl adjacent to an activating group) is 1. The van der Waals surface area contributed by atoms with E-state index in [0.29, 0.717) is 6.10 Å². The van der Waals surface area contributed by atoms with Crippen LogP contribution in [0, 0.1) is 0 Å². The molecule has 5 nitrogen and oxygen atoms in total. The van der Waals surface area contributed by atoms with Crippen LogP contribution in [0.25, 0.3) is 0 Å². The van der Waals surface area contributed by atoms with E-state index in [4.69, 9.17) is 4.74 Å². The number of hydrogen-bond acceptors (Lipinski definition) is 6. The van der Waals surface area contributed by atoms with Crippen LogP contribution in [0.4, 0.5) is 5.00 Å². The van der Waals surface area contributed by atoms with Crippen molar-refractivity contribution in [2.75, 3.05) is 32.6 Å². The molecule has 1 unspecified atom stereocenters. The van der Waals surface area contributed by atoms with Crippen LogP contribution >= 0.6 is 11.5 Å². The number of ether oxygens (including phenoxy) is 1. The topological polar surface area (TPSA) is 50.3 Å². The first-order chi connectivity index (χ1) is 8.29. The summed E-state index contributed by atoms with van der Waals surface area (Å²) in [6.07, 6.45) is 4.07. The molecule has 0 aliphatic carbocycles. The van der Waals surface area contributed by atoms with Crippen molar-refractivity contribution in [1.29, 1.82) is 0 Å². The van der Waals surface area contributed by atoms with Crippen LogP contribution in [0.3, 0.4) is 0 Å². The highest BCUT2D eigenvalue weighted by Gasteiger charge is 2.17. The monoisotopic (exact) mass is 256 g/mol. The van der Waals surface area contributed by atoms with Crippen LogP contribution in [0.2, 0.25) is 0 Å². The SMILES string of the molecule is CNc1snnc1CN(C)CC1CCCCO1. The van der Waals surface area contributed by atoms with Gasteiger partial charge >= 0.3 is 0 Å². The highest BCUT2D eigenvalue weighted by atomic mass is 32.1. The summed E-state index contributed by atoms with van der Waals surface area (Å²) in [5, 5.41) is 8.32. The van der Waals surface area contributed by atoms with E-state index in [-0.39, 0.29) is 0 Å². The van der Waals surface area contributed by atoms with Crippen LogP contribution in [0.5, 0.6) is 0 Å². The van der Waals surface area contributed by atoms with Crippen molar-refractivity contribution >= 4 is 16.5 Å². The summed E-state index contributed by atoms with van der Waals surface area (Å²) >= 11 is 1.41. The van der Waals surface area contributed by atoms with Gasteiger partial charge in [0.15, 0.2) is 0 Å². The third-order valence-electron chi connectivity index (χ3n) is 2.99. The van der Waals surface area contributed by atoms with Crippen molar-refractivity contribution in [3.63, 3.8) is 0 Å². The Balaban J connectivity index is 1.82. The fourth-order valence-corrected chi connectivity index (χ4v) is 2.64. The molecule has 1 atom stereocenters. The second kappa shape index (κ2) is 6.28. The first-order valence-electron chi connectivity index (χ1n) is 6.08. The summed E-state index contributed by atoms with van der Waals surface area (Å²) < 4.78 is 9.70. The summed E-state index contributed by atoms with van der Waals surface area (Å²) in [6.45, 7) is 2.71. The molecule has 0 aromatic carbocycles. The Morgan fingerprint density at radius 3 is 3.12 bits per heavy atom. The first kappa shape index (κ1) is 12.7. The van der Waals surface area contributed by atoms with Gasteiger partial charge in [-0.05, 0) is 26.3 Å². The van der Waals surface area contributed by atoms with Crippen molar-refractivity contribution in [3.8, 4) is 0 Å². The molecule has 0 saturated carbocycles. The molecule has 1 N–H and O–H groups in total.